The summed E-state index contributed by atoms with van der Waals surface area (Å²) in [5, 5.41) is 65.8. The standard InChI is InChI=1S/C30H39N6O18PS/c1-10-7-34(28(46)31-22(10)40)16-4-13(37)19(50-16)25(43)53-55(49,54-26(44)20-14(38)5-17(51-20)35-8-11(2)23(41)32-29(35)47)56-27(45)21-15(39)6-18(52-21)36-9-12(3)24(42)33-30(36)48/h7-9,13-21,25-27,37-39,43-45H,4-6H2,1-3H3,(H,31,40,46)(H,32,41,47)(H,33,42,48)/t13-,14-,15-,16+,17+,18+,19-,20-,21-,25?,26?,27?,55?/m0/s1. The van der Waals surface area contributed by atoms with Crippen LogP contribution in [0.25, 0.3) is 0 Å². The van der Waals surface area contributed by atoms with Crippen molar-refractivity contribution in [3.8, 4) is 0 Å². The predicted molar refractivity (Wildman–Crippen MR) is 187 cm³/mol. The van der Waals surface area contributed by atoms with E-state index in [4.69, 9.17) is 23.3 Å². The first-order valence-electron chi connectivity index (χ1n) is 16.9. The molecule has 0 amide bonds. The SMILES string of the molecule is Cc1cn([C@H]2C[C@H](O)[C@@H](C(O)OP(=O)(OC(O)[C@H]3O[C@@H](n4cc(C)c(=O)[nH]c4=O)C[C@@H]3O)SC(O)[C@H]3O[C@@H](n4cc(C)c(=O)[nH]c4=O)C[C@@H]3O)O2)c(=O)[nH]c1=O. The number of nitrogens with one attached hydrogen (secondary N) is 3. The Morgan fingerprint density at radius 3 is 1.27 bits per heavy atom. The highest BCUT2D eigenvalue weighted by Crippen LogP contribution is 2.65. The van der Waals surface area contributed by atoms with E-state index in [0.29, 0.717) is 0 Å². The van der Waals surface area contributed by atoms with Crippen LogP contribution in [0.3, 0.4) is 0 Å². The Morgan fingerprint density at radius 1 is 0.625 bits per heavy atom. The fraction of sp³-hybridized carbons (Fsp3) is 0.600. The molecule has 0 aliphatic carbocycles. The molecule has 0 spiro atoms. The van der Waals surface area contributed by atoms with E-state index in [-0.39, 0.29) is 47.3 Å². The first kappa shape index (κ1) is 41.8. The van der Waals surface area contributed by atoms with E-state index in [2.05, 4.69) is 15.0 Å². The molecule has 0 radical (unpaired) electrons. The van der Waals surface area contributed by atoms with E-state index >= 15 is 0 Å². The molecular formula is C30H39N6O18PS. The van der Waals surface area contributed by atoms with E-state index in [1.807, 2.05) is 0 Å². The van der Waals surface area contributed by atoms with Gasteiger partial charge in [-0.1, -0.05) is 0 Å². The predicted octanol–water partition coefficient (Wildman–Crippen LogP) is -3.66. The Morgan fingerprint density at radius 2 is 0.929 bits per heavy atom. The molecule has 308 valence electrons. The average molecular weight is 835 g/mol. The Hall–Kier alpha value is -3.82. The van der Waals surface area contributed by atoms with Crippen LogP contribution >= 0.6 is 18.2 Å². The number of rotatable bonds is 12. The van der Waals surface area contributed by atoms with Crippen molar-refractivity contribution in [3.63, 3.8) is 0 Å². The maximum Gasteiger partial charge on any atom is 0.396 e. The van der Waals surface area contributed by atoms with Crippen molar-refractivity contribution in [1.29, 1.82) is 0 Å². The third kappa shape index (κ3) is 8.54. The summed E-state index contributed by atoms with van der Waals surface area (Å²) in [5.41, 5.74) is -6.50. The van der Waals surface area contributed by atoms with Crippen molar-refractivity contribution in [2.75, 3.05) is 0 Å². The van der Waals surface area contributed by atoms with Gasteiger partial charge in [0.2, 0.25) is 0 Å². The van der Waals surface area contributed by atoms with Crippen LogP contribution in [0, 0.1) is 20.8 Å². The minimum atomic E-state index is -5.23. The van der Waals surface area contributed by atoms with Gasteiger partial charge in [0.05, 0.1) is 18.3 Å². The normalized spacial score (nSPS) is 30.6. The van der Waals surface area contributed by atoms with Crippen molar-refractivity contribution in [2.24, 2.45) is 0 Å². The Bertz CT molecular complexity index is 2100. The molecule has 6 rings (SSSR count). The van der Waals surface area contributed by atoms with Crippen LogP contribution in [0.1, 0.15) is 54.6 Å². The zero-order valence-corrected chi connectivity index (χ0v) is 31.3. The quantitative estimate of drug-likeness (QED) is 0.0627. The molecule has 56 heavy (non-hydrogen) atoms. The molecular weight excluding hydrogens is 795 g/mol. The fourth-order valence-electron chi connectivity index (χ4n) is 6.37. The molecule has 0 aromatic carbocycles. The van der Waals surface area contributed by atoms with E-state index in [9.17, 15) is 64.0 Å². The van der Waals surface area contributed by atoms with Gasteiger partial charge in [-0.05, 0) is 32.2 Å². The van der Waals surface area contributed by atoms with Gasteiger partial charge >= 0.3 is 23.9 Å². The summed E-state index contributed by atoms with van der Waals surface area (Å²) in [5.74, 6) is 0. The molecule has 3 aliphatic rings. The van der Waals surface area contributed by atoms with Gasteiger partial charge in [-0.2, -0.15) is 0 Å². The number of hydrogen-bond donors (Lipinski definition) is 9. The van der Waals surface area contributed by atoms with E-state index in [0.717, 1.165) is 32.3 Å². The number of aliphatic hydroxyl groups is 6. The zero-order valence-electron chi connectivity index (χ0n) is 29.6. The molecule has 12 atom stereocenters. The highest BCUT2D eigenvalue weighted by Gasteiger charge is 2.50. The minimum Gasteiger partial charge on any atom is -0.390 e. The third-order valence-electron chi connectivity index (χ3n) is 9.33. The molecule has 6 heterocycles. The third-order valence-corrected chi connectivity index (χ3v) is 13.0. The van der Waals surface area contributed by atoms with Crippen molar-refractivity contribution < 1.29 is 58.5 Å². The van der Waals surface area contributed by atoms with Crippen LogP contribution < -0.4 is 33.7 Å². The molecule has 3 aliphatic heterocycles. The maximum absolute atomic E-state index is 14.4. The zero-order chi connectivity index (χ0) is 41.0. The highest BCUT2D eigenvalue weighted by molar-refractivity contribution is 8.55. The number of aromatic amines is 3. The summed E-state index contributed by atoms with van der Waals surface area (Å²) >= 11 is -0.110. The van der Waals surface area contributed by atoms with Crippen molar-refractivity contribution >= 4 is 18.2 Å². The summed E-state index contributed by atoms with van der Waals surface area (Å²) in [6.45, 7) is -1.02. The van der Waals surface area contributed by atoms with Crippen LogP contribution in [0.15, 0.2) is 47.4 Å². The molecule has 0 saturated carbocycles. The number of aromatic nitrogens is 6. The van der Waals surface area contributed by atoms with Gasteiger partial charge in [-0.15, -0.1) is 0 Å². The summed E-state index contributed by atoms with van der Waals surface area (Å²) in [4.78, 5) is 79.2. The fourth-order valence-corrected chi connectivity index (χ4v) is 9.89. The van der Waals surface area contributed by atoms with Gasteiger partial charge in [0, 0.05) is 54.5 Å². The lowest BCUT2D eigenvalue weighted by Gasteiger charge is -2.31. The lowest BCUT2D eigenvalue weighted by atomic mass is 10.2. The van der Waals surface area contributed by atoms with Gasteiger partial charge in [0.1, 0.15) is 42.4 Å². The summed E-state index contributed by atoms with van der Waals surface area (Å²) in [6.07, 6.45) is -16.1. The van der Waals surface area contributed by atoms with E-state index in [1.165, 1.54) is 20.8 Å². The average Bonchev–Trinajstić information content (AvgIpc) is 3.81. The van der Waals surface area contributed by atoms with Gasteiger partial charge in [0.25, 0.3) is 16.7 Å². The molecule has 0 bridgehead atoms. The number of aliphatic hydroxyl groups excluding tert-OH is 6. The molecule has 3 unspecified atom stereocenters. The van der Waals surface area contributed by atoms with Crippen molar-refractivity contribution in [1.82, 2.24) is 28.7 Å². The van der Waals surface area contributed by atoms with Crippen LogP contribution in [0.5, 0.6) is 0 Å². The topological polar surface area (TPSA) is 349 Å². The van der Waals surface area contributed by atoms with Crippen LogP contribution in [-0.2, 0) is 27.8 Å². The lowest BCUT2D eigenvalue weighted by molar-refractivity contribution is -0.177. The van der Waals surface area contributed by atoms with Crippen LogP contribution in [0.4, 0.5) is 0 Å². The smallest absolute Gasteiger partial charge is 0.390 e. The first-order chi connectivity index (χ1) is 26.2. The van der Waals surface area contributed by atoms with E-state index in [1.54, 1.807) is 0 Å². The molecule has 26 heteroatoms. The van der Waals surface area contributed by atoms with Gasteiger partial charge < -0.3 is 44.8 Å². The van der Waals surface area contributed by atoms with Crippen LogP contribution in [-0.4, -0.2) is 114 Å². The van der Waals surface area contributed by atoms with Crippen LogP contribution in [0.2, 0.25) is 0 Å². The highest BCUT2D eigenvalue weighted by atomic mass is 32.7. The minimum absolute atomic E-state index is 0.110. The molecule has 3 fully saturated rings. The number of ether oxygens (including phenoxy) is 3. The molecule has 3 saturated heterocycles. The van der Waals surface area contributed by atoms with E-state index < -0.39 is 114 Å². The summed E-state index contributed by atoms with van der Waals surface area (Å²) < 4.78 is 44.9. The molecule has 3 aromatic heterocycles. The Balaban J connectivity index is 1.24. The summed E-state index contributed by atoms with van der Waals surface area (Å²) in [6, 6.07) is 0. The molecule has 24 nitrogen and oxygen atoms in total. The Labute approximate surface area is 316 Å². The first-order valence-corrected chi connectivity index (χ1v) is 19.9. The van der Waals surface area contributed by atoms with Crippen molar-refractivity contribution in [2.45, 2.75) is 113 Å². The second-order valence-corrected chi connectivity index (χ2v) is 17.4. The largest absolute Gasteiger partial charge is 0.396 e. The van der Waals surface area contributed by atoms with Gasteiger partial charge in [0.15, 0.2) is 12.6 Å². The number of H-pyrrole nitrogens is 3. The van der Waals surface area contributed by atoms with Gasteiger partial charge in [-0.25, -0.2) is 18.9 Å². The number of aryl methyl sites for hydroxylation is 3. The number of hydrogen-bond acceptors (Lipinski definition) is 19. The lowest BCUT2D eigenvalue weighted by Crippen LogP contribution is -2.39. The second-order valence-electron chi connectivity index (χ2n) is 13.4. The van der Waals surface area contributed by atoms with Gasteiger partial charge in [-0.3, -0.25) is 52.1 Å². The number of nitrogens with zero attached hydrogens (tertiary/aromatic N) is 3. The second kappa shape index (κ2) is 16.2. The van der Waals surface area contributed by atoms with Crippen molar-refractivity contribution in [3.05, 3.63) is 97.8 Å². The monoisotopic (exact) mass is 834 g/mol. The maximum atomic E-state index is 14.4. The molecule has 9 N–H and O–H groups in total. The Kier molecular flexibility index (Phi) is 12.1. The summed E-state index contributed by atoms with van der Waals surface area (Å²) in [7, 11) is 0. The molecule has 3 aromatic rings.